The predicted octanol–water partition coefficient (Wildman–Crippen LogP) is 3.77. The van der Waals surface area contributed by atoms with E-state index < -0.39 is 0 Å². The number of carbonyl (C=O) groups excluding carboxylic acids is 1. The standard InChI is InChI=1S/C20H24N4O/c1-18(2)13-5-7-19(18,3)20(4,10-13)24-17(25)15-9-14-12(11-21)6-8-22-16(14)23-15/h6,8-9,13H,5,7,10H2,1-4H3,(H,22,23)(H,24,25). The molecule has 0 aliphatic heterocycles. The van der Waals surface area contributed by atoms with Gasteiger partial charge in [0.05, 0.1) is 11.6 Å². The van der Waals surface area contributed by atoms with Crippen LogP contribution in [0.25, 0.3) is 11.0 Å². The van der Waals surface area contributed by atoms with E-state index in [2.05, 4.69) is 49.0 Å². The molecular weight excluding hydrogens is 312 g/mol. The zero-order valence-electron chi connectivity index (χ0n) is 15.2. The van der Waals surface area contributed by atoms with Gasteiger partial charge in [0.1, 0.15) is 11.3 Å². The number of fused-ring (bicyclic) bond motifs is 3. The van der Waals surface area contributed by atoms with Gasteiger partial charge in [-0.3, -0.25) is 4.79 Å². The first kappa shape index (κ1) is 16.1. The molecule has 5 nitrogen and oxygen atoms in total. The Morgan fingerprint density at radius 3 is 2.76 bits per heavy atom. The number of pyridine rings is 1. The lowest BCUT2D eigenvalue weighted by molar-refractivity contribution is 0.0533. The lowest BCUT2D eigenvalue weighted by Crippen LogP contribution is -2.57. The van der Waals surface area contributed by atoms with E-state index in [1.807, 2.05) is 0 Å². The van der Waals surface area contributed by atoms with E-state index in [0.29, 0.717) is 28.2 Å². The van der Waals surface area contributed by atoms with Gasteiger partial charge in [-0.05, 0) is 55.1 Å². The highest BCUT2D eigenvalue weighted by molar-refractivity contribution is 5.98. The second kappa shape index (κ2) is 4.85. The van der Waals surface area contributed by atoms with Crippen molar-refractivity contribution in [3.8, 4) is 6.07 Å². The van der Waals surface area contributed by atoms with E-state index in [-0.39, 0.29) is 22.3 Å². The van der Waals surface area contributed by atoms with Gasteiger partial charge < -0.3 is 10.3 Å². The third kappa shape index (κ3) is 1.94. The predicted molar refractivity (Wildman–Crippen MR) is 95.9 cm³/mol. The van der Waals surface area contributed by atoms with Crippen molar-refractivity contribution in [1.29, 1.82) is 5.26 Å². The summed E-state index contributed by atoms with van der Waals surface area (Å²) < 4.78 is 0. The smallest absolute Gasteiger partial charge is 0.268 e. The van der Waals surface area contributed by atoms with E-state index in [4.69, 9.17) is 0 Å². The molecule has 0 radical (unpaired) electrons. The molecule has 2 aliphatic carbocycles. The van der Waals surface area contributed by atoms with E-state index in [9.17, 15) is 10.1 Å². The topological polar surface area (TPSA) is 81.6 Å². The first-order valence-corrected chi connectivity index (χ1v) is 8.92. The van der Waals surface area contributed by atoms with Crippen LogP contribution in [0.1, 0.15) is 63.0 Å². The van der Waals surface area contributed by atoms with Gasteiger partial charge in [-0.15, -0.1) is 0 Å². The fourth-order valence-corrected chi connectivity index (χ4v) is 5.41. The average Bonchev–Trinajstić information content (AvgIpc) is 3.13. The SMILES string of the molecule is CC1(NC(=O)c2cc3c(C#N)ccnc3[nH]2)CC2CCC1(C)C2(C)C. The number of nitrogens with one attached hydrogen (secondary N) is 2. The summed E-state index contributed by atoms with van der Waals surface area (Å²) in [7, 11) is 0. The summed E-state index contributed by atoms with van der Waals surface area (Å²) >= 11 is 0. The summed E-state index contributed by atoms with van der Waals surface area (Å²) in [5.41, 5.74) is 1.66. The van der Waals surface area contributed by atoms with Crippen LogP contribution in [0, 0.1) is 28.1 Å². The molecule has 2 heterocycles. The van der Waals surface area contributed by atoms with Gasteiger partial charge >= 0.3 is 0 Å². The maximum absolute atomic E-state index is 13.0. The summed E-state index contributed by atoms with van der Waals surface area (Å²) in [6.07, 6.45) is 5.00. The molecule has 2 N–H and O–H groups in total. The molecular formula is C20H24N4O. The average molecular weight is 336 g/mol. The highest BCUT2D eigenvalue weighted by atomic mass is 16.2. The van der Waals surface area contributed by atoms with Crippen molar-refractivity contribution in [3.05, 3.63) is 29.6 Å². The van der Waals surface area contributed by atoms with Crippen molar-refractivity contribution < 1.29 is 4.79 Å². The molecule has 4 rings (SSSR count). The second-order valence-corrected chi connectivity index (χ2v) is 8.70. The van der Waals surface area contributed by atoms with Gasteiger partial charge in [0.2, 0.25) is 0 Å². The Kier molecular flexibility index (Phi) is 3.13. The molecule has 2 fully saturated rings. The fraction of sp³-hybridized carbons (Fsp3) is 0.550. The summed E-state index contributed by atoms with van der Waals surface area (Å²) in [6, 6.07) is 5.55. The van der Waals surface area contributed by atoms with E-state index in [0.717, 1.165) is 12.8 Å². The third-order valence-electron chi connectivity index (χ3n) is 7.59. The van der Waals surface area contributed by atoms with E-state index in [1.165, 1.54) is 6.42 Å². The van der Waals surface area contributed by atoms with Crippen molar-refractivity contribution in [2.24, 2.45) is 16.7 Å². The minimum atomic E-state index is -0.223. The van der Waals surface area contributed by atoms with Crippen LogP contribution < -0.4 is 5.32 Å². The molecule has 2 aromatic heterocycles. The normalized spacial score (nSPS) is 32.7. The maximum atomic E-state index is 13.0. The Morgan fingerprint density at radius 1 is 1.40 bits per heavy atom. The monoisotopic (exact) mass is 336 g/mol. The van der Waals surface area contributed by atoms with Crippen molar-refractivity contribution in [1.82, 2.24) is 15.3 Å². The van der Waals surface area contributed by atoms with Crippen LogP contribution in [0.3, 0.4) is 0 Å². The molecule has 2 saturated carbocycles. The number of hydrogen-bond acceptors (Lipinski definition) is 3. The number of nitrogens with zero attached hydrogens (tertiary/aromatic N) is 2. The van der Waals surface area contributed by atoms with Gasteiger partial charge in [-0.1, -0.05) is 20.8 Å². The highest BCUT2D eigenvalue weighted by Crippen LogP contribution is 2.69. The molecule has 0 aromatic carbocycles. The quantitative estimate of drug-likeness (QED) is 0.876. The van der Waals surface area contributed by atoms with Gasteiger partial charge in [0.15, 0.2) is 0 Å². The number of amides is 1. The van der Waals surface area contributed by atoms with Crippen molar-refractivity contribution in [2.45, 2.75) is 52.5 Å². The minimum absolute atomic E-state index is 0.0857. The number of rotatable bonds is 2. The van der Waals surface area contributed by atoms with Gasteiger partial charge in [0.25, 0.3) is 5.91 Å². The van der Waals surface area contributed by atoms with Crippen LogP contribution in [0.4, 0.5) is 0 Å². The Morgan fingerprint density at radius 2 is 2.16 bits per heavy atom. The number of carbonyl (C=O) groups is 1. The molecule has 3 unspecified atom stereocenters. The molecule has 0 spiro atoms. The number of nitriles is 1. The zero-order valence-corrected chi connectivity index (χ0v) is 15.2. The molecule has 1 amide bonds. The van der Waals surface area contributed by atoms with E-state index in [1.54, 1.807) is 18.3 Å². The fourth-order valence-electron chi connectivity index (χ4n) is 5.41. The Labute approximate surface area is 147 Å². The Bertz CT molecular complexity index is 921. The number of aromatic nitrogens is 2. The van der Waals surface area contributed by atoms with E-state index >= 15 is 0 Å². The number of hydrogen-bond donors (Lipinski definition) is 2. The summed E-state index contributed by atoms with van der Waals surface area (Å²) in [5, 5.41) is 13.2. The number of aromatic amines is 1. The summed E-state index contributed by atoms with van der Waals surface area (Å²) in [5.74, 6) is 0.534. The summed E-state index contributed by atoms with van der Waals surface area (Å²) in [4.78, 5) is 20.2. The van der Waals surface area contributed by atoms with Gasteiger partial charge in [-0.25, -0.2) is 4.98 Å². The minimum Gasteiger partial charge on any atom is -0.345 e. The lowest BCUT2D eigenvalue weighted by atomic mass is 9.63. The van der Waals surface area contributed by atoms with Crippen LogP contribution in [0.2, 0.25) is 0 Å². The van der Waals surface area contributed by atoms with Crippen LogP contribution >= 0.6 is 0 Å². The van der Waals surface area contributed by atoms with Crippen molar-refractivity contribution >= 4 is 16.9 Å². The van der Waals surface area contributed by atoms with Crippen molar-refractivity contribution in [3.63, 3.8) is 0 Å². The molecule has 25 heavy (non-hydrogen) atoms. The highest BCUT2D eigenvalue weighted by Gasteiger charge is 2.67. The molecule has 2 aromatic rings. The Balaban J connectivity index is 1.66. The first-order valence-electron chi connectivity index (χ1n) is 8.92. The largest absolute Gasteiger partial charge is 0.345 e. The first-order chi connectivity index (χ1) is 11.7. The molecule has 5 heteroatoms. The zero-order chi connectivity index (χ0) is 18.0. The number of H-pyrrole nitrogens is 1. The van der Waals surface area contributed by atoms with Gasteiger partial charge in [0, 0.05) is 17.1 Å². The van der Waals surface area contributed by atoms with Crippen molar-refractivity contribution in [2.75, 3.05) is 0 Å². The van der Waals surface area contributed by atoms with Crippen LogP contribution in [0.15, 0.2) is 18.3 Å². The van der Waals surface area contributed by atoms with Crippen LogP contribution in [-0.4, -0.2) is 21.4 Å². The molecule has 2 bridgehead atoms. The second-order valence-electron chi connectivity index (χ2n) is 8.70. The molecule has 3 atom stereocenters. The van der Waals surface area contributed by atoms with Crippen LogP contribution in [-0.2, 0) is 0 Å². The molecule has 0 saturated heterocycles. The maximum Gasteiger partial charge on any atom is 0.268 e. The Hall–Kier alpha value is -2.35. The lowest BCUT2D eigenvalue weighted by Gasteiger charge is -2.47. The summed E-state index contributed by atoms with van der Waals surface area (Å²) in [6.45, 7) is 9.19. The molecule has 130 valence electrons. The van der Waals surface area contributed by atoms with Crippen LogP contribution in [0.5, 0.6) is 0 Å². The van der Waals surface area contributed by atoms with Gasteiger partial charge in [-0.2, -0.15) is 5.26 Å². The molecule has 2 aliphatic rings. The third-order valence-corrected chi connectivity index (χ3v) is 7.59.